The van der Waals surface area contributed by atoms with Gasteiger partial charge in [-0.1, -0.05) is 30.3 Å². The minimum absolute atomic E-state index is 0.147. The number of benzene rings is 2. The highest BCUT2D eigenvalue weighted by molar-refractivity contribution is 5.99. The Hall–Kier alpha value is -3.39. The van der Waals surface area contributed by atoms with Crippen LogP contribution in [0.5, 0.6) is 0 Å². The fourth-order valence-corrected chi connectivity index (χ4v) is 3.27. The number of nitrogens with zero attached hydrogens (tertiary/aromatic N) is 4. The molecule has 2 aromatic carbocycles. The average Bonchev–Trinajstić information content (AvgIpc) is 3.02. The highest BCUT2D eigenvalue weighted by Gasteiger charge is 2.31. The molecule has 1 aromatic heterocycles. The van der Waals surface area contributed by atoms with Crippen LogP contribution in [0.1, 0.15) is 16.5 Å². The quantitative estimate of drug-likeness (QED) is 0.739. The molecule has 0 N–H and O–H groups in total. The van der Waals surface area contributed by atoms with Crippen molar-refractivity contribution in [3.8, 4) is 6.07 Å². The number of imidazole rings is 1. The summed E-state index contributed by atoms with van der Waals surface area (Å²) in [4.78, 5) is 19.2. The van der Waals surface area contributed by atoms with E-state index in [1.807, 2.05) is 66.5 Å². The Morgan fingerprint density at radius 2 is 1.88 bits per heavy atom. The number of hydrogen-bond donors (Lipinski definition) is 0. The zero-order chi connectivity index (χ0) is 17.4. The van der Waals surface area contributed by atoms with Crippen LogP contribution >= 0.6 is 0 Å². The van der Waals surface area contributed by atoms with Gasteiger partial charge in [-0.3, -0.25) is 9.36 Å². The molecule has 0 amide bonds. The summed E-state index contributed by atoms with van der Waals surface area (Å²) < 4.78 is 1.55. The van der Waals surface area contributed by atoms with Crippen molar-refractivity contribution in [3.63, 3.8) is 0 Å². The number of carbonyl (C=O) groups is 1. The summed E-state index contributed by atoms with van der Waals surface area (Å²) in [5, 5.41) is 9.73. The van der Waals surface area contributed by atoms with Crippen LogP contribution < -0.4 is 4.90 Å². The summed E-state index contributed by atoms with van der Waals surface area (Å²) in [5.41, 5.74) is 3.28. The molecule has 1 aliphatic rings. The van der Waals surface area contributed by atoms with Gasteiger partial charge in [0.25, 0.3) is 5.91 Å². The van der Waals surface area contributed by atoms with Gasteiger partial charge in [0.05, 0.1) is 17.1 Å². The number of rotatable bonds is 3. The molecule has 5 heteroatoms. The van der Waals surface area contributed by atoms with Crippen LogP contribution in [0, 0.1) is 11.3 Å². The van der Waals surface area contributed by atoms with Crippen molar-refractivity contribution in [2.24, 2.45) is 0 Å². The third-order valence-corrected chi connectivity index (χ3v) is 4.49. The summed E-state index contributed by atoms with van der Waals surface area (Å²) in [6.07, 6.45) is 1.58. The van der Waals surface area contributed by atoms with Gasteiger partial charge in [0.15, 0.2) is 0 Å². The zero-order valence-corrected chi connectivity index (χ0v) is 13.8. The topological polar surface area (TPSA) is 61.9 Å². The van der Waals surface area contributed by atoms with Crippen LogP contribution in [0.15, 0.2) is 66.2 Å². The first-order valence-electron chi connectivity index (χ1n) is 8.07. The predicted octanol–water partition coefficient (Wildman–Crippen LogP) is 3.36. The number of likely N-dealkylation sites (N-methyl/N-ethyl adjacent to an activating group) is 1. The molecule has 5 nitrogen and oxygen atoms in total. The van der Waals surface area contributed by atoms with Gasteiger partial charge in [-0.2, -0.15) is 5.26 Å². The van der Waals surface area contributed by atoms with Crippen molar-refractivity contribution in [1.29, 1.82) is 5.26 Å². The van der Waals surface area contributed by atoms with Crippen LogP contribution in [0.4, 0.5) is 5.69 Å². The first-order chi connectivity index (χ1) is 12.2. The van der Waals surface area contributed by atoms with Gasteiger partial charge in [-0.15, -0.1) is 0 Å². The van der Waals surface area contributed by atoms with Gasteiger partial charge in [0.1, 0.15) is 11.7 Å². The lowest BCUT2D eigenvalue weighted by Gasteiger charge is -2.25. The Morgan fingerprint density at radius 1 is 1.16 bits per heavy atom. The third-order valence-electron chi connectivity index (χ3n) is 4.49. The largest absolute Gasteiger partial charge is 0.371 e. The third kappa shape index (κ3) is 2.48. The smallest absolute Gasteiger partial charge is 0.256 e. The first-order valence-corrected chi connectivity index (χ1v) is 8.07. The molecule has 1 unspecified atom stereocenters. The van der Waals surface area contributed by atoms with E-state index in [0.29, 0.717) is 12.4 Å². The lowest BCUT2D eigenvalue weighted by molar-refractivity contribution is 0.0964. The molecule has 0 spiro atoms. The Bertz CT molecular complexity index is 1030. The molecule has 25 heavy (non-hydrogen) atoms. The molecule has 0 radical (unpaired) electrons. The van der Waals surface area contributed by atoms with E-state index in [9.17, 15) is 10.1 Å². The van der Waals surface area contributed by atoms with E-state index in [1.165, 1.54) is 0 Å². The van der Waals surface area contributed by atoms with Crippen molar-refractivity contribution in [2.75, 3.05) is 18.5 Å². The minimum atomic E-state index is -0.531. The molecule has 3 aromatic rings. The Kier molecular flexibility index (Phi) is 3.58. The van der Waals surface area contributed by atoms with E-state index < -0.39 is 5.92 Å². The SMILES string of the molecule is CN(CC1=CC(=O)n2c(nc3ccccc32)C1C#N)c1ccccc1. The van der Waals surface area contributed by atoms with E-state index in [0.717, 1.165) is 22.3 Å². The molecule has 0 saturated carbocycles. The van der Waals surface area contributed by atoms with Crippen LogP contribution in [0.25, 0.3) is 11.0 Å². The second-order valence-electron chi connectivity index (χ2n) is 6.11. The molecular weight excluding hydrogens is 312 g/mol. The maximum atomic E-state index is 12.7. The molecule has 2 heterocycles. The Balaban J connectivity index is 1.73. The fourth-order valence-electron chi connectivity index (χ4n) is 3.27. The van der Waals surface area contributed by atoms with Gasteiger partial charge < -0.3 is 4.90 Å². The van der Waals surface area contributed by atoms with Crippen LogP contribution in [-0.4, -0.2) is 29.1 Å². The summed E-state index contributed by atoms with van der Waals surface area (Å²) in [6, 6.07) is 19.7. The number of para-hydroxylation sites is 3. The summed E-state index contributed by atoms with van der Waals surface area (Å²) >= 11 is 0. The van der Waals surface area contributed by atoms with Gasteiger partial charge in [-0.25, -0.2) is 4.98 Å². The molecule has 0 aliphatic carbocycles. The Morgan fingerprint density at radius 3 is 2.64 bits per heavy atom. The number of nitriles is 1. The number of fused-ring (bicyclic) bond motifs is 3. The second-order valence-corrected chi connectivity index (χ2v) is 6.11. The lowest BCUT2D eigenvalue weighted by atomic mass is 9.95. The molecule has 1 aliphatic heterocycles. The number of carbonyl (C=O) groups excluding carboxylic acids is 1. The second kappa shape index (κ2) is 5.91. The monoisotopic (exact) mass is 328 g/mol. The number of hydrogen-bond acceptors (Lipinski definition) is 4. The standard InChI is InChI=1S/C20H16N4O/c1-23(15-7-3-2-4-8-15)13-14-11-19(25)24-18-10-6-5-9-17(18)22-20(24)16(14)12-21/h2-11,16H,13H2,1H3. The average molecular weight is 328 g/mol. The molecule has 4 rings (SSSR count). The maximum absolute atomic E-state index is 12.7. The normalized spacial score (nSPS) is 16.2. The highest BCUT2D eigenvalue weighted by Crippen LogP contribution is 2.32. The van der Waals surface area contributed by atoms with Crippen molar-refractivity contribution in [2.45, 2.75) is 5.92 Å². The van der Waals surface area contributed by atoms with Crippen molar-refractivity contribution >= 4 is 22.6 Å². The number of anilines is 1. The fraction of sp³-hybridized carbons (Fsp3) is 0.150. The zero-order valence-electron chi connectivity index (χ0n) is 13.8. The van der Waals surface area contributed by atoms with Crippen molar-refractivity contribution in [3.05, 3.63) is 72.1 Å². The van der Waals surface area contributed by atoms with Gasteiger partial charge in [0.2, 0.25) is 0 Å². The first kappa shape index (κ1) is 15.2. The van der Waals surface area contributed by atoms with Gasteiger partial charge in [-0.05, 0) is 29.8 Å². The lowest BCUT2D eigenvalue weighted by Crippen LogP contribution is -2.28. The molecular formula is C20H16N4O. The van der Waals surface area contributed by atoms with Crippen molar-refractivity contribution < 1.29 is 4.79 Å². The summed E-state index contributed by atoms with van der Waals surface area (Å²) in [5.74, 6) is -0.171. The van der Waals surface area contributed by atoms with Crippen LogP contribution in [-0.2, 0) is 0 Å². The number of aromatic nitrogens is 2. The molecule has 0 fully saturated rings. The Labute approximate surface area is 145 Å². The highest BCUT2D eigenvalue weighted by atomic mass is 16.2. The van der Waals surface area contributed by atoms with E-state index in [2.05, 4.69) is 11.1 Å². The minimum Gasteiger partial charge on any atom is -0.371 e. The van der Waals surface area contributed by atoms with E-state index in [-0.39, 0.29) is 5.91 Å². The predicted molar refractivity (Wildman–Crippen MR) is 96.5 cm³/mol. The van der Waals surface area contributed by atoms with Gasteiger partial charge in [0, 0.05) is 25.4 Å². The molecule has 0 saturated heterocycles. The summed E-state index contributed by atoms with van der Waals surface area (Å²) in [7, 11) is 1.95. The van der Waals surface area contributed by atoms with Crippen LogP contribution in [0.2, 0.25) is 0 Å². The van der Waals surface area contributed by atoms with Gasteiger partial charge >= 0.3 is 0 Å². The van der Waals surface area contributed by atoms with Crippen LogP contribution in [0.3, 0.4) is 0 Å². The van der Waals surface area contributed by atoms with E-state index in [4.69, 9.17) is 0 Å². The molecule has 1 atom stereocenters. The molecule has 122 valence electrons. The van der Waals surface area contributed by atoms with E-state index in [1.54, 1.807) is 10.6 Å². The van der Waals surface area contributed by atoms with Crippen molar-refractivity contribution in [1.82, 2.24) is 9.55 Å². The van der Waals surface area contributed by atoms with E-state index >= 15 is 0 Å². The summed E-state index contributed by atoms with van der Waals surface area (Å²) in [6.45, 7) is 0.497. The maximum Gasteiger partial charge on any atom is 0.256 e. The number of allylic oxidation sites excluding steroid dienone is 1. The molecule has 0 bridgehead atoms.